The largest absolute Gasteiger partial charge is 0.392 e. The molecule has 62 valence electrons. The maximum Gasteiger partial charge on any atom is 0.0658 e. The van der Waals surface area contributed by atoms with Gasteiger partial charge in [0.1, 0.15) is 0 Å². The third-order valence-electron chi connectivity index (χ3n) is 1.16. The second-order valence-corrected chi connectivity index (χ2v) is 4.34. The van der Waals surface area contributed by atoms with Gasteiger partial charge in [0.05, 0.1) is 12.7 Å². The van der Waals surface area contributed by atoms with E-state index in [1.165, 1.54) is 0 Å². The fraction of sp³-hybridized carbons (Fsp3) is 1.00. The summed E-state index contributed by atoms with van der Waals surface area (Å²) >= 11 is 0. The lowest BCUT2D eigenvalue weighted by Gasteiger charge is -2.11. The molecule has 0 aromatic carbocycles. The molecule has 0 aromatic rings. The molecule has 0 aliphatic rings. The molecule has 0 spiro atoms. The molecule has 0 radical (unpaired) electrons. The first-order chi connectivity index (χ1) is 4.85. The molecule has 0 fully saturated rings. The molecule has 0 bridgehead atoms. The number of aliphatic hydroxyl groups is 2. The Balaban J connectivity index is 3.09. The van der Waals surface area contributed by atoms with Crippen LogP contribution in [-0.2, 0) is 0 Å². The second kappa shape index (κ2) is 7.42. The van der Waals surface area contributed by atoms with Crippen molar-refractivity contribution in [3.05, 3.63) is 0 Å². The van der Waals surface area contributed by atoms with Crippen LogP contribution in [0.3, 0.4) is 0 Å². The summed E-state index contributed by atoms with van der Waals surface area (Å²) in [6.07, 6.45) is 2.13. The first kappa shape index (κ1) is 10.3. The highest BCUT2D eigenvalue weighted by Gasteiger charge is 2.01. The highest BCUT2D eigenvalue weighted by atomic mass is 31.1. The van der Waals surface area contributed by atoms with Gasteiger partial charge >= 0.3 is 0 Å². The van der Waals surface area contributed by atoms with Gasteiger partial charge in [0, 0.05) is 6.29 Å². The van der Waals surface area contributed by atoms with E-state index in [2.05, 4.69) is 12.2 Å². The molecular weight excluding hydrogens is 149 g/mol. The molecule has 0 saturated heterocycles. The van der Waals surface area contributed by atoms with Crippen LogP contribution in [0, 0.1) is 0 Å². The lowest BCUT2D eigenvalue weighted by Crippen LogP contribution is -2.16. The van der Waals surface area contributed by atoms with E-state index in [1.54, 1.807) is 0 Å². The van der Waals surface area contributed by atoms with Gasteiger partial charge in [-0.25, -0.2) is 0 Å². The van der Waals surface area contributed by atoms with Crippen molar-refractivity contribution in [1.29, 1.82) is 0 Å². The highest BCUT2D eigenvalue weighted by Crippen LogP contribution is 2.29. The van der Waals surface area contributed by atoms with E-state index in [-0.39, 0.29) is 12.7 Å². The Labute approximate surface area is 63.2 Å². The summed E-state index contributed by atoms with van der Waals surface area (Å²) in [5, 5.41) is 20.5. The molecule has 0 aliphatic carbocycles. The van der Waals surface area contributed by atoms with Crippen molar-refractivity contribution in [2.75, 3.05) is 25.5 Å². The molecule has 3 nitrogen and oxygen atoms in total. The average Bonchev–Trinajstić information content (AvgIpc) is 1.99. The van der Waals surface area contributed by atoms with Crippen molar-refractivity contribution < 1.29 is 10.2 Å². The van der Waals surface area contributed by atoms with Crippen LogP contribution in [0.25, 0.3) is 0 Å². The maximum atomic E-state index is 8.65. The van der Waals surface area contributed by atoms with Gasteiger partial charge in [-0.3, -0.25) is 0 Å². The Morgan fingerprint density at radius 3 is 2.30 bits per heavy atom. The normalized spacial score (nSPS) is 10.8. The Kier molecular flexibility index (Phi) is 7.65. The first-order valence-electron chi connectivity index (χ1n) is 3.50. The minimum absolute atomic E-state index is 0.128. The van der Waals surface area contributed by atoms with E-state index < -0.39 is 7.92 Å². The molecule has 0 saturated carbocycles. The van der Waals surface area contributed by atoms with Gasteiger partial charge in [-0.1, -0.05) is 6.92 Å². The smallest absolute Gasteiger partial charge is 0.0658 e. The molecule has 0 rings (SSSR count). The Morgan fingerprint density at radius 1 is 1.30 bits per heavy atom. The third kappa shape index (κ3) is 5.12. The fourth-order valence-electron chi connectivity index (χ4n) is 0.559. The predicted octanol–water partition coefficient (Wildman–Crippen LogP) is 0.325. The summed E-state index contributed by atoms with van der Waals surface area (Å²) in [6.45, 7) is 3.06. The average molecular weight is 165 g/mol. The number of nitrogens with one attached hydrogen (secondary N) is 1. The first-order valence-corrected chi connectivity index (χ1v) is 5.39. The number of hydrogen-bond donors (Lipinski definition) is 3. The second-order valence-electron chi connectivity index (χ2n) is 2.11. The predicted molar refractivity (Wildman–Crippen MR) is 44.3 cm³/mol. The van der Waals surface area contributed by atoms with Crippen LogP contribution < -0.4 is 5.32 Å². The van der Waals surface area contributed by atoms with Gasteiger partial charge in [0.15, 0.2) is 0 Å². The van der Waals surface area contributed by atoms with Crippen LogP contribution in [-0.4, -0.2) is 35.7 Å². The molecule has 0 aromatic heterocycles. The van der Waals surface area contributed by atoms with E-state index in [1.807, 2.05) is 0 Å². The third-order valence-corrected chi connectivity index (χ3v) is 2.63. The van der Waals surface area contributed by atoms with Gasteiger partial charge < -0.3 is 15.5 Å². The fourth-order valence-corrected chi connectivity index (χ4v) is 1.32. The SMILES string of the molecule is CCCNCP(CO)CO. The van der Waals surface area contributed by atoms with Crippen molar-refractivity contribution in [3.8, 4) is 0 Å². The standard InChI is InChI=1S/C6H16NO2P/c1-2-3-7-4-10(5-8)6-9/h7-9H,2-6H2,1H3. The zero-order valence-corrected chi connectivity index (χ0v) is 7.27. The highest BCUT2D eigenvalue weighted by molar-refractivity contribution is 7.57. The summed E-state index contributed by atoms with van der Waals surface area (Å²) in [5.41, 5.74) is 0. The Morgan fingerprint density at radius 2 is 1.90 bits per heavy atom. The van der Waals surface area contributed by atoms with E-state index in [4.69, 9.17) is 10.2 Å². The molecule has 0 unspecified atom stereocenters. The van der Waals surface area contributed by atoms with E-state index in [0.717, 1.165) is 19.3 Å². The van der Waals surface area contributed by atoms with Crippen LogP contribution in [0.15, 0.2) is 0 Å². The van der Waals surface area contributed by atoms with Crippen LogP contribution in [0.2, 0.25) is 0 Å². The Bertz CT molecular complexity index is 68.8. The molecule has 0 aliphatic heterocycles. The van der Waals surface area contributed by atoms with Crippen LogP contribution in [0.5, 0.6) is 0 Å². The zero-order chi connectivity index (χ0) is 7.82. The minimum atomic E-state index is -0.568. The van der Waals surface area contributed by atoms with Gasteiger partial charge in [-0.2, -0.15) is 0 Å². The number of hydrogen-bond acceptors (Lipinski definition) is 3. The monoisotopic (exact) mass is 165 g/mol. The van der Waals surface area contributed by atoms with Crippen LogP contribution in [0.1, 0.15) is 13.3 Å². The number of rotatable bonds is 6. The summed E-state index contributed by atoms with van der Waals surface area (Å²) < 4.78 is 0. The van der Waals surface area contributed by atoms with Crippen molar-refractivity contribution in [2.45, 2.75) is 13.3 Å². The zero-order valence-electron chi connectivity index (χ0n) is 6.38. The molecule has 4 heteroatoms. The van der Waals surface area contributed by atoms with Crippen LogP contribution in [0.4, 0.5) is 0 Å². The van der Waals surface area contributed by atoms with Gasteiger partial charge in [0.2, 0.25) is 0 Å². The van der Waals surface area contributed by atoms with Crippen molar-refractivity contribution in [3.63, 3.8) is 0 Å². The van der Waals surface area contributed by atoms with Crippen molar-refractivity contribution in [2.24, 2.45) is 0 Å². The lowest BCUT2D eigenvalue weighted by molar-refractivity contribution is 0.342. The van der Waals surface area contributed by atoms with E-state index in [9.17, 15) is 0 Å². The topological polar surface area (TPSA) is 52.5 Å². The maximum absolute atomic E-state index is 8.65. The molecule has 0 heterocycles. The van der Waals surface area contributed by atoms with Crippen molar-refractivity contribution >= 4 is 7.92 Å². The Hall–Kier alpha value is 0.310. The lowest BCUT2D eigenvalue weighted by atomic mass is 10.5. The minimum Gasteiger partial charge on any atom is -0.392 e. The van der Waals surface area contributed by atoms with Gasteiger partial charge in [-0.15, -0.1) is 0 Å². The quantitative estimate of drug-likeness (QED) is 0.392. The summed E-state index contributed by atoms with van der Waals surface area (Å²) in [4.78, 5) is 0. The van der Waals surface area contributed by atoms with E-state index >= 15 is 0 Å². The number of aliphatic hydroxyl groups excluding tert-OH is 2. The summed E-state index contributed by atoms with van der Waals surface area (Å²) in [6, 6.07) is 0. The van der Waals surface area contributed by atoms with Gasteiger partial charge in [-0.05, 0) is 20.9 Å². The summed E-state index contributed by atoms with van der Waals surface area (Å²) in [7, 11) is -0.568. The molecule has 10 heavy (non-hydrogen) atoms. The summed E-state index contributed by atoms with van der Waals surface area (Å²) in [5.74, 6) is 0. The molecule has 0 amide bonds. The van der Waals surface area contributed by atoms with Crippen molar-refractivity contribution in [1.82, 2.24) is 5.32 Å². The molecular formula is C6H16NO2P. The molecule has 3 N–H and O–H groups in total. The molecule has 0 atom stereocenters. The van der Waals surface area contributed by atoms with Crippen LogP contribution >= 0.6 is 7.92 Å². The van der Waals surface area contributed by atoms with E-state index in [0.29, 0.717) is 0 Å². The van der Waals surface area contributed by atoms with Gasteiger partial charge in [0.25, 0.3) is 0 Å².